The number of anilines is 1. The van der Waals surface area contributed by atoms with Gasteiger partial charge in [-0.25, -0.2) is 18.4 Å². The van der Waals surface area contributed by atoms with E-state index in [9.17, 15) is 13.2 Å². The average molecular weight is 458 g/mol. The Morgan fingerprint density at radius 2 is 1.62 bits per heavy atom. The topological polar surface area (TPSA) is 95.5 Å². The van der Waals surface area contributed by atoms with Gasteiger partial charge < -0.3 is 10.2 Å². The van der Waals surface area contributed by atoms with Gasteiger partial charge in [0.15, 0.2) is 0 Å². The summed E-state index contributed by atoms with van der Waals surface area (Å²) in [6.07, 6.45) is 9.13. The van der Waals surface area contributed by atoms with Gasteiger partial charge in [0.05, 0.1) is 4.90 Å². The van der Waals surface area contributed by atoms with Crippen LogP contribution < -0.4 is 10.2 Å². The summed E-state index contributed by atoms with van der Waals surface area (Å²) >= 11 is 0. The number of benzene rings is 1. The van der Waals surface area contributed by atoms with E-state index in [0.717, 1.165) is 56.7 Å². The Balaban J connectivity index is 1.22. The van der Waals surface area contributed by atoms with E-state index < -0.39 is 10.0 Å². The van der Waals surface area contributed by atoms with Crippen molar-refractivity contribution in [3.8, 4) is 0 Å². The highest BCUT2D eigenvalue weighted by Crippen LogP contribution is 2.21. The number of carbonyl (C=O) groups excluding carboxylic acids is 1. The SMILES string of the molecule is O=C(CCc1ccc(S(=O)(=O)N2CCCCC2)cc1)NC1CCN(c2ncccn2)CC1. The Morgan fingerprint density at radius 3 is 2.28 bits per heavy atom. The van der Waals surface area contributed by atoms with Gasteiger partial charge in [-0.05, 0) is 55.9 Å². The molecular formula is C23H31N5O3S. The normalized spacial score (nSPS) is 18.4. The molecule has 0 atom stereocenters. The molecule has 1 amide bonds. The van der Waals surface area contributed by atoms with E-state index in [1.54, 1.807) is 34.9 Å². The molecule has 0 unspecified atom stereocenters. The minimum Gasteiger partial charge on any atom is -0.353 e. The molecule has 0 bridgehead atoms. The molecule has 4 rings (SSSR count). The highest BCUT2D eigenvalue weighted by molar-refractivity contribution is 7.89. The quantitative estimate of drug-likeness (QED) is 0.686. The molecule has 0 saturated carbocycles. The molecule has 2 aliphatic heterocycles. The van der Waals surface area contributed by atoms with Gasteiger partial charge in [0, 0.05) is 51.0 Å². The van der Waals surface area contributed by atoms with Gasteiger partial charge in [0.2, 0.25) is 21.9 Å². The first-order chi connectivity index (χ1) is 15.5. The first kappa shape index (κ1) is 22.7. The van der Waals surface area contributed by atoms with Crippen LogP contribution in [0, 0.1) is 0 Å². The summed E-state index contributed by atoms with van der Waals surface area (Å²) in [4.78, 5) is 23.5. The van der Waals surface area contributed by atoms with Crippen LogP contribution in [0.25, 0.3) is 0 Å². The van der Waals surface area contributed by atoms with Crippen LogP contribution in [-0.4, -0.2) is 60.8 Å². The highest BCUT2D eigenvalue weighted by Gasteiger charge is 2.26. The van der Waals surface area contributed by atoms with Gasteiger partial charge in [-0.1, -0.05) is 18.6 Å². The van der Waals surface area contributed by atoms with E-state index in [-0.39, 0.29) is 11.9 Å². The van der Waals surface area contributed by atoms with Crippen molar-refractivity contribution in [1.82, 2.24) is 19.6 Å². The zero-order valence-corrected chi connectivity index (χ0v) is 19.1. The lowest BCUT2D eigenvalue weighted by Crippen LogP contribution is -2.45. The predicted octanol–water partition coefficient (Wildman–Crippen LogP) is 2.37. The summed E-state index contributed by atoms with van der Waals surface area (Å²) in [5, 5.41) is 3.13. The van der Waals surface area contributed by atoms with Crippen LogP contribution >= 0.6 is 0 Å². The summed E-state index contributed by atoms with van der Waals surface area (Å²) in [7, 11) is -3.41. The second kappa shape index (κ2) is 10.4. The van der Waals surface area contributed by atoms with E-state index in [2.05, 4.69) is 20.2 Å². The van der Waals surface area contributed by atoms with Crippen LogP contribution in [0.1, 0.15) is 44.1 Å². The molecule has 0 radical (unpaired) electrons. The standard InChI is InChI=1S/C23H31N5O3S/c29-22(26-20-11-17-27(18-12-20)23-24-13-4-14-25-23)10-7-19-5-8-21(9-6-19)32(30,31)28-15-2-1-3-16-28/h4-6,8-9,13-14,20H,1-3,7,10-12,15-18H2,(H,26,29). The van der Waals surface area contributed by atoms with Gasteiger partial charge in [0.25, 0.3) is 0 Å². The van der Waals surface area contributed by atoms with E-state index >= 15 is 0 Å². The second-order valence-corrected chi connectivity index (χ2v) is 10.4. The maximum atomic E-state index is 12.8. The Morgan fingerprint density at radius 1 is 0.969 bits per heavy atom. The number of aromatic nitrogens is 2. The molecule has 3 heterocycles. The molecule has 0 spiro atoms. The summed E-state index contributed by atoms with van der Waals surface area (Å²) in [6, 6.07) is 8.94. The molecule has 1 N–H and O–H groups in total. The molecule has 1 aromatic carbocycles. The predicted molar refractivity (Wildman–Crippen MR) is 123 cm³/mol. The van der Waals surface area contributed by atoms with Crippen LogP contribution in [0.3, 0.4) is 0 Å². The third-order valence-corrected chi connectivity index (χ3v) is 8.12. The van der Waals surface area contributed by atoms with Gasteiger partial charge >= 0.3 is 0 Å². The Bertz CT molecular complexity index is 984. The zero-order chi connectivity index (χ0) is 22.4. The highest BCUT2D eigenvalue weighted by atomic mass is 32.2. The number of rotatable bonds is 7. The fourth-order valence-electron chi connectivity index (χ4n) is 4.32. The van der Waals surface area contributed by atoms with Crippen molar-refractivity contribution in [2.75, 3.05) is 31.1 Å². The zero-order valence-electron chi connectivity index (χ0n) is 18.3. The monoisotopic (exact) mass is 457 g/mol. The number of amides is 1. The first-order valence-corrected chi connectivity index (χ1v) is 12.9. The van der Waals surface area contributed by atoms with E-state index in [1.807, 2.05) is 12.1 Å². The molecule has 2 saturated heterocycles. The number of hydrogen-bond donors (Lipinski definition) is 1. The van der Waals surface area contributed by atoms with Crippen molar-refractivity contribution in [3.05, 3.63) is 48.3 Å². The number of nitrogens with zero attached hydrogens (tertiary/aromatic N) is 4. The minimum atomic E-state index is -3.41. The second-order valence-electron chi connectivity index (χ2n) is 8.49. The summed E-state index contributed by atoms with van der Waals surface area (Å²) in [6.45, 7) is 2.84. The number of aryl methyl sites for hydroxylation is 1. The molecule has 2 aliphatic rings. The lowest BCUT2D eigenvalue weighted by Gasteiger charge is -2.32. The Kier molecular flexibility index (Phi) is 7.36. The summed E-state index contributed by atoms with van der Waals surface area (Å²) < 4.78 is 27.1. The maximum absolute atomic E-state index is 12.8. The molecule has 172 valence electrons. The van der Waals surface area contributed by atoms with Crippen molar-refractivity contribution in [2.45, 2.75) is 55.9 Å². The number of nitrogens with one attached hydrogen (secondary N) is 1. The lowest BCUT2D eigenvalue weighted by atomic mass is 10.0. The number of piperidine rings is 2. The lowest BCUT2D eigenvalue weighted by molar-refractivity contribution is -0.121. The molecule has 32 heavy (non-hydrogen) atoms. The minimum absolute atomic E-state index is 0.0319. The third kappa shape index (κ3) is 5.63. The smallest absolute Gasteiger partial charge is 0.243 e. The van der Waals surface area contributed by atoms with Crippen LogP contribution in [-0.2, 0) is 21.2 Å². The Labute approximate surface area is 190 Å². The van der Waals surface area contributed by atoms with Gasteiger partial charge in [-0.3, -0.25) is 4.79 Å². The number of carbonyl (C=O) groups is 1. The summed E-state index contributed by atoms with van der Waals surface area (Å²) in [5.74, 6) is 0.771. The van der Waals surface area contributed by atoms with E-state index in [4.69, 9.17) is 0 Å². The molecule has 8 nitrogen and oxygen atoms in total. The summed E-state index contributed by atoms with van der Waals surface area (Å²) in [5.41, 5.74) is 0.966. The fourth-order valence-corrected chi connectivity index (χ4v) is 5.84. The van der Waals surface area contributed by atoms with Gasteiger partial charge in [-0.2, -0.15) is 4.31 Å². The van der Waals surface area contributed by atoms with Crippen molar-refractivity contribution in [2.24, 2.45) is 0 Å². The molecule has 1 aromatic heterocycles. The Hall–Kier alpha value is -2.52. The maximum Gasteiger partial charge on any atom is 0.243 e. The first-order valence-electron chi connectivity index (χ1n) is 11.4. The number of hydrogen-bond acceptors (Lipinski definition) is 6. The van der Waals surface area contributed by atoms with Crippen LogP contribution in [0.2, 0.25) is 0 Å². The van der Waals surface area contributed by atoms with Crippen LogP contribution in [0.5, 0.6) is 0 Å². The largest absolute Gasteiger partial charge is 0.353 e. The number of sulfonamides is 1. The van der Waals surface area contributed by atoms with Gasteiger partial charge in [-0.15, -0.1) is 0 Å². The van der Waals surface area contributed by atoms with Crippen molar-refractivity contribution in [1.29, 1.82) is 0 Å². The molecule has 2 aromatic rings. The van der Waals surface area contributed by atoms with Crippen LogP contribution in [0.15, 0.2) is 47.6 Å². The molecular weight excluding hydrogens is 426 g/mol. The van der Waals surface area contributed by atoms with Crippen molar-refractivity contribution >= 4 is 21.9 Å². The molecule has 9 heteroatoms. The molecule has 0 aliphatic carbocycles. The van der Waals surface area contributed by atoms with E-state index in [0.29, 0.717) is 30.8 Å². The molecule has 2 fully saturated rings. The van der Waals surface area contributed by atoms with Gasteiger partial charge in [0.1, 0.15) is 0 Å². The van der Waals surface area contributed by atoms with Crippen LogP contribution in [0.4, 0.5) is 5.95 Å². The fraction of sp³-hybridized carbons (Fsp3) is 0.522. The third-order valence-electron chi connectivity index (χ3n) is 6.21. The average Bonchev–Trinajstić information content (AvgIpc) is 2.84. The van der Waals surface area contributed by atoms with Crippen molar-refractivity contribution in [3.63, 3.8) is 0 Å². The van der Waals surface area contributed by atoms with E-state index in [1.165, 1.54) is 0 Å². The van der Waals surface area contributed by atoms with Crippen molar-refractivity contribution < 1.29 is 13.2 Å².